The van der Waals surface area contributed by atoms with E-state index < -0.39 is 20.0 Å². The maximum absolute atomic E-state index is 13.1. The Morgan fingerprint density at radius 3 is 1.17 bits per heavy atom. The quantitative estimate of drug-likeness (QED) is 0.291. The molecule has 0 spiro atoms. The van der Waals surface area contributed by atoms with Crippen LogP contribution in [0.2, 0.25) is 0 Å². The normalized spacial score (nSPS) is 18.1. The van der Waals surface area contributed by atoms with Crippen molar-refractivity contribution in [2.45, 2.75) is 9.79 Å². The summed E-state index contributed by atoms with van der Waals surface area (Å²) in [6.45, 7) is 0. The van der Waals surface area contributed by atoms with Gasteiger partial charge in [-0.15, -0.1) is 0 Å². The second kappa shape index (κ2) is 11.5. The molecule has 3 aromatic carbocycles. The number of rotatable bonds is 6. The van der Waals surface area contributed by atoms with Gasteiger partial charge in [0, 0.05) is 0 Å². The molecule has 3 aromatic rings. The van der Waals surface area contributed by atoms with Gasteiger partial charge in [-0.05, 0) is 71.8 Å². The number of hydrogen-bond donors (Lipinski definition) is 2. The van der Waals surface area contributed by atoms with Crippen LogP contribution in [0.5, 0.6) is 0 Å². The monoisotopic (exact) mass is 674 g/mol. The largest absolute Gasteiger partial charge is 0.270 e. The minimum Gasteiger partial charge on any atom is -0.268 e. The number of benzene rings is 3. The first-order valence-electron chi connectivity index (χ1n) is 11.6. The number of carbonyl (C=O) groups excluding carboxylic acids is 2. The second-order valence-electron chi connectivity index (χ2n) is 8.78. The average Bonchev–Trinajstić information content (AvgIpc) is 3.36. The van der Waals surface area contributed by atoms with Gasteiger partial charge in [-0.25, -0.2) is 27.1 Å². The number of nitrogens with two attached hydrogens (primary N) is 2. The predicted molar refractivity (Wildman–Crippen MR) is 173 cm³/mol. The zero-order chi connectivity index (χ0) is 30.4. The molecule has 2 aliphatic rings. The highest BCUT2D eigenvalue weighted by atomic mass is 32.2. The number of nitrogens with zero attached hydrogens (tertiary/aromatic N) is 2. The number of thiocarbonyl (C=S) groups is 2. The zero-order valence-corrected chi connectivity index (χ0v) is 25.9. The molecule has 0 atom stereocenters. The molecule has 4 N–H and O–H groups in total. The van der Waals surface area contributed by atoms with E-state index in [1.54, 1.807) is 36.4 Å². The van der Waals surface area contributed by atoms with E-state index in [0.29, 0.717) is 29.8 Å². The second-order valence-corrected chi connectivity index (χ2v) is 15.3. The van der Waals surface area contributed by atoms with E-state index in [1.165, 1.54) is 58.3 Å². The summed E-state index contributed by atoms with van der Waals surface area (Å²) in [5, 5.41) is 10.3. The summed E-state index contributed by atoms with van der Waals surface area (Å²) in [7, 11) is -7.74. The van der Waals surface area contributed by atoms with E-state index in [4.69, 9.17) is 34.7 Å². The van der Waals surface area contributed by atoms with E-state index >= 15 is 0 Å². The highest BCUT2D eigenvalue weighted by Gasteiger charge is 2.34. The van der Waals surface area contributed by atoms with Crippen molar-refractivity contribution in [3.05, 3.63) is 93.7 Å². The molecule has 0 aliphatic carbocycles. The lowest BCUT2D eigenvalue weighted by atomic mass is 10.1. The van der Waals surface area contributed by atoms with Crippen LogP contribution in [0, 0.1) is 0 Å². The molecule has 2 saturated heterocycles. The number of amides is 2. The number of primary sulfonamides is 2. The molecule has 2 aliphatic heterocycles. The molecule has 0 saturated carbocycles. The lowest BCUT2D eigenvalue weighted by Gasteiger charge is -2.14. The lowest BCUT2D eigenvalue weighted by molar-refractivity contribution is -0.114. The summed E-state index contributed by atoms with van der Waals surface area (Å²) in [6, 6.07) is 18.2. The third-order valence-electron chi connectivity index (χ3n) is 5.97. The molecular formula is C26H18N4O6S6. The van der Waals surface area contributed by atoms with Crippen LogP contribution >= 0.6 is 48.0 Å². The molecule has 10 nitrogen and oxygen atoms in total. The van der Waals surface area contributed by atoms with Gasteiger partial charge in [-0.1, -0.05) is 72.2 Å². The SMILES string of the molecule is NS(=O)(=O)c1ccc(N2C(=O)/C(=C\c3ccc(/C=C4/SC(=S)N(c5ccc(S(N)(=O)=O)cc5)C4=O)cc3)SC2=S)cc1. The van der Waals surface area contributed by atoms with Crippen molar-refractivity contribution in [2.75, 3.05) is 9.80 Å². The van der Waals surface area contributed by atoms with Crippen molar-refractivity contribution in [1.29, 1.82) is 0 Å². The Balaban J connectivity index is 1.31. The van der Waals surface area contributed by atoms with Crippen LogP contribution in [-0.4, -0.2) is 37.3 Å². The number of hydrogen-bond acceptors (Lipinski definition) is 10. The van der Waals surface area contributed by atoms with Crippen LogP contribution in [0.3, 0.4) is 0 Å². The Bertz CT molecular complexity index is 1790. The topological polar surface area (TPSA) is 161 Å². The molecule has 5 rings (SSSR count). The summed E-state index contributed by atoms with van der Waals surface area (Å²) < 4.78 is 46.7. The van der Waals surface area contributed by atoms with Crippen molar-refractivity contribution < 1.29 is 26.4 Å². The molecule has 0 radical (unpaired) electrons. The van der Waals surface area contributed by atoms with Gasteiger partial charge < -0.3 is 0 Å². The van der Waals surface area contributed by atoms with E-state index in [9.17, 15) is 26.4 Å². The summed E-state index contributed by atoms with van der Waals surface area (Å²) in [4.78, 5) is 29.4. The molecule has 2 amide bonds. The zero-order valence-electron chi connectivity index (χ0n) is 21.0. The highest BCUT2D eigenvalue weighted by Crippen LogP contribution is 2.38. The highest BCUT2D eigenvalue weighted by molar-refractivity contribution is 8.27. The van der Waals surface area contributed by atoms with Gasteiger partial charge in [-0.2, -0.15) is 0 Å². The van der Waals surface area contributed by atoms with Crippen LogP contribution in [0.4, 0.5) is 11.4 Å². The molecule has 2 fully saturated rings. The Morgan fingerprint density at radius 2 is 0.881 bits per heavy atom. The average molecular weight is 675 g/mol. The molecular weight excluding hydrogens is 657 g/mol. The molecule has 0 bridgehead atoms. The minimum atomic E-state index is -3.87. The van der Waals surface area contributed by atoms with Crippen molar-refractivity contribution in [3.8, 4) is 0 Å². The first-order valence-corrected chi connectivity index (χ1v) is 17.2. The first kappa shape index (κ1) is 30.2. The van der Waals surface area contributed by atoms with Crippen LogP contribution in [-0.2, 0) is 29.6 Å². The Labute approximate surface area is 260 Å². The Kier molecular flexibility index (Phi) is 8.25. The van der Waals surface area contributed by atoms with Gasteiger partial charge in [-0.3, -0.25) is 19.4 Å². The first-order chi connectivity index (χ1) is 19.7. The van der Waals surface area contributed by atoms with Gasteiger partial charge in [0.05, 0.1) is 31.0 Å². The van der Waals surface area contributed by atoms with Crippen LogP contribution in [0.1, 0.15) is 11.1 Å². The number of thioether (sulfide) groups is 2. The van der Waals surface area contributed by atoms with E-state index in [2.05, 4.69) is 0 Å². The Morgan fingerprint density at radius 1 is 0.571 bits per heavy atom. The van der Waals surface area contributed by atoms with E-state index in [-0.39, 0.29) is 21.6 Å². The predicted octanol–water partition coefficient (Wildman–Crippen LogP) is 3.79. The van der Waals surface area contributed by atoms with Gasteiger partial charge in [0.1, 0.15) is 0 Å². The third kappa shape index (κ3) is 6.25. The van der Waals surface area contributed by atoms with Crippen LogP contribution in [0.25, 0.3) is 12.2 Å². The number of carbonyl (C=O) groups is 2. The van der Waals surface area contributed by atoms with Crippen molar-refractivity contribution in [3.63, 3.8) is 0 Å². The summed E-state index contributed by atoms with van der Waals surface area (Å²) in [5.41, 5.74) is 2.28. The molecule has 214 valence electrons. The van der Waals surface area contributed by atoms with Gasteiger partial charge >= 0.3 is 0 Å². The third-order valence-corrected chi connectivity index (χ3v) is 10.4. The summed E-state index contributed by atoms with van der Waals surface area (Å²) in [6.07, 6.45) is 3.37. The van der Waals surface area contributed by atoms with Crippen LogP contribution < -0.4 is 20.1 Å². The fourth-order valence-corrected chi connectivity index (χ4v) is 7.57. The maximum atomic E-state index is 13.1. The van der Waals surface area contributed by atoms with Crippen molar-refractivity contribution >= 4 is 112 Å². The molecule has 2 heterocycles. The smallest absolute Gasteiger partial charge is 0.268 e. The van der Waals surface area contributed by atoms with Gasteiger partial charge in [0.25, 0.3) is 11.8 Å². The number of anilines is 2. The van der Waals surface area contributed by atoms with E-state index in [1.807, 2.05) is 0 Å². The minimum absolute atomic E-state index is 0.0756. The fraction of sp³-hybridized carbons (Fsp3) is 0. The fourth-order valence-electron chi connectivity index (χ4n) is 3.94. The molecule has 0 unspecified atom stereocenters. The summed E-state index contributed by atoms with van der Waals surface area (Å²) >= 11 is 13.0. The number of sulfonamides is 2. The molecule has 0 aromatic heterocycles. The van der Waals surface area contributed by atoms with Crippen molar-refractivity contribution in [1.82, 2.24) is 0 Å². The van der Waals surface area contributed by atoms with E-state index in [0.717, 1.165) is 34.7 Å². The van der Waals surface area contributed by atoms with Crippen LogP contribution in [0.15, 0.2) is 92.4 Å². The van der Waals surface area contributed by atoms with Gasteiger partial charge in [0.15, 0.2) is 8.64 Å². The van der Waals surface area contributed by atoms with Crippen molar-refractivity contribution in [2.24, 2.45) is 10.3 Å². The molecule has 42 heavy (non-hydrogen) atoms. The Hall–Kier alpha value is -3.22. The van der Waals surface area contributed by atoms with Gasteiger partial charge in [0.2, 0.25) is 20.0 Å². The lowest BCUT2D eigenvalue weighted by Crippen LogP contribution is -2.27. The molecule has 16 heteroatoms. The standard InChI is InChI=1S/C26H18N4O6S6/c27-41(33,34)19-9-5-17(6-10-19)29-23(31)21(39-25(29)37)13-15-1-2-16(4-3-15)14-22-24(32)30(26(38)40-22)18-7-11-20(12-8-18)42(28,35)36/h1-14H,(H2,27,33,34)(H2,28,35,36)/b21-13+,22-14+. The maximum Gasteiger partial charge on any atom is 0.270 e. The summed E-state index contributed by atoms with van der Waals surface area (Å²) in [5.74, 6) is -0.698.